The SMILES string of the molecule is COC(=O)CCNC(=O)c1ccc(CCCC(C)(C)COc2ccc(-c3ccc(C(F)(F)F)cc3)cc2)cc1. The van der Waals surface area contributed by atoms with Crippen LogP contribution >= 0.6 is 0 Å². The number of halogens is 3. The number of methoxy groups -OCH3 is 1. The van der Waals surface area contributed by atoms with E-state index in [-0.39, 0.29) is 30.3 Å². The molecule has 0 spiro atoms. The molecule has 1 amide bonds. The van der Waals surface area contributed by atoms with Crippen LogP contribution in [0.15, 0.2) is 72.8 Å². The third-order valence-electron chi connectivity index (χ3n) is 6.41. The average Bonchev–Trinajstić information content (AvgIpc) is 2.92. The Bertz CT molecular complexity index is 1220. The third-order valence-corrected chi connectivity index (χ3v) is 6.41. The zero-order valence-corrected chi connectivity index (χ0v) is 22.4. The van der Waals surface area contributed by atoms with Crippen LogP contribution in [0.4, 0.5) is 13.2 Å². The molecule has 3 aromatic rings. The van der Waals surface area contributed by atoms with E-state index in [0.717, 1.165) is 42.5 Å². The van der Waals surface area contributed by atoms with Crippen molar-refractivity contribution in [3.05, 3.63) is 89.5 Å². The summed E-state index contributed by atoms with van der Waals surface area (Å²) >= 11 is 0. The first-order valence-corrected chi connectivity index (χ1v) is 12.8. The van der Waals surface area contributed by atoms with Crippen LogP contribution in [0.3, 0.4) is 0 Å². The van der Waals surface area contributed by atoms with E-state index in [0.29, 0.717) is 23.5 Å². The number of ether oxygens (including phenoxy) is 2. The Labute approximate surface area is 227 Å². The Morgan fingerprint density at radius 3 is 2.00 bits per heavy atom. The molecule has 0 bridgehead atoms. The van der Waals surface area contributed by atoms with Gasteiger partial charge in [0.15, 0.2) is 0 Å². The second-order valence-corrected chi connectivity index (χ2v) is 10.2. The van der Waals surface area contributed by atoms with Crippen LogP contribution in [0.5, 0.6) is 5.75 Å². The molecule has 3 rings (SSSR count). The van der Waals surface area contributed by atoms with Gasteiger partial charge in [0.05, 0.1) is 25.7 Å². The Kier molecular flexibility index (Phi) is 10.2. The van der Waals surface area contributed by atoms with E-state index in [1.54, 1.807) is 12.1 Å². The number of carbonyl (C=O) groups excluding carboxylic acids is 2. The summed E-state index contributed by atoms with van der Waals surface area (Å²) in [6.45, 7) is 5.04. The minimum absolute atomic E-state index is 0.0639. The molecule has 0 aliphatic heterocycles. The predicted molar refractivity (Wildman–Crippen MR) is 145 cm³/mol. The minimum Gasteiger partial charge on any atom is -0.493 e. The van der Waals surface area contributed by atoms with Gasteiger partial charge in [0, 0.05) is 12.1 Å². The summed E-state index contributed by atoms with van der Waals surface area (Å²) in [6.07, 6.45) is -1.45. The van der Waals surface area contributed by atoms with Gasteiger partial charge in [-0.3, -0.25) is 9.59 Å². The van der Waals surface area contributed by atoms with Crippen molar-refractivity contribution in [2.45, 2.75) is 45.7 Å². The molecule has 0 aliphatic carbocycles. The first-order valence-electron chi connectivity index (χ1n) is 12.8. The molecule has 0 saturated heterocycles. The third kappa shape index (κ3) is 9.46. The van der Waals surface area contributed by atoms with Crippen molar-refractivity contribution in [2.24, 2.45) is 5.41 Å². The monoisotopic (exact) mass is 541 g/mol. The van der Waals surface area contributed by atoms with Gasteiger partial charge in [-0.25, -0.2) is 0 Å². The molecular weight excluding hydrogens is 507 g/mol. The Balaban J connectivity index is 1.42. The fourth-order valence-corrected chi connectivity index (χ4v) is 4.02. The topological polar surface area (TPSA) is 64.6 Å². The zero-order valence-electron chi connectivity index (χ0n) is 22.4. The lowest BCUT2D eigenvalue weighted by Crippen LogP contribution is -2.26. The lowest BCUT2D eigenvalue weighted by atomic mass is 9.87. The van der Waals surface area contributed by atoms with Gasteiger partial charge in [-0.1, -0.05) is 50.2 Å². The first kappa shape index (κ1) is 29.7. The molecule has 0 aliphatic rings. The molecule has 3 aromatic carbocycles. The molecule has 208 valence electrons. The number of carbonyl (C=O) groups is 2. The van der Waals surface area contributed by atoms with Gasteiger partial charge in [-0.15, -0.1) is 0 Å². The number of nitrogens with one attached hydrogen (secondary N) is 1. The summed E-state index contributed by atoms with van der Waals surface area (Å²) in [5.41, 5.74) is 2.48. The number of benzene rings is 3. The first-order chi connectivity index (χ1) is 18.5. The number of hydrogen-bond donors (Lipinski definition) is 1. The molecule has 5 nitrogen and oxygen atoms in total. The Morgan fingerprint density at radius 2 is 1.44 bits per heavy atom. The maximum absolute atomic E-state index is 12.8. The van der Waals surface area contributed by atoms with Crippen LogP contribution < -0.4 is 10.1 Å². The van der Waals surface area contributed by atoms with Crippen molar-refractivity contribution in [1.29, 1.82) is 0 Å². The van der Waals surface area contributed by atoms with Crippen molar-refractivity contribution in [3.63, 3.8) is 0 Å². The van der Waals surface area contributed by atoms with Gasteiger partial charge in [0.25, 0.3) is 5.91 Å². The van der Waals surface area contributed by atoms with Crippen LogP contribution in [-0.2, 0) is 22.1 Å². The highest BCUT2D eigenvalue weighted by Crippen LogP contribution is 2.32. The molecule has 0 radical (unpaired) electrons. The summed E-state index contributed by atoms with van der Waals surface area (Å²) in [5, 5.41) is 2.70. The second-order valence-electron chi connectivity index (χ2n) is 10.2. The van der Waals surface area contributed by atoms with E-state index in [1.807, 2.05) is 36.4 Å². The van der Waals surface area contributed by atoms with Crippen molar-refractivity contribution in [2.75, 3.05) is 20.3 Å². The molecule has 1 N–H and O–H groups in total. The van der Waals surface area contributed by atoms with Gasteiger partial charge in [0.1, 0.15) is 5.75 Å². The fraction of sp³-hybridized carbons (Fsp3) is 0.355. The van der Waals surface area contributed by atoms with Gasteiger partial charge < -0.3 is 14.8 Å². The van der Waals surface area contributed by atoms with Gasteiger partial charge in [-0.05, 0) is 77.8 Å². The molecule has 39 heavy (non-hydrogen) atoms. The summed E-state index contributed by atoms with van der Waals surface area (Å²) in [6, 6.07) is 19.9. The van der Waals surface area contributed by atoms with Crippen molar-refractivity contribution >= 4 is 11.9 Å². The van der Waals surface area contributed by atoms with Crippen molar-refractivity contribution in [1.82, 2.24) is 5.32 Å². The number of hydrogen-bond acceptors (Lipinski definition) is 4. The summed E-state index contributed by atoms with van der Waals surface area (Å²) in [7, 11) is 1.31. The van der Waals surface area contributed by atoms with E-state index in [4.69, 9.17) is 4.74 Å². The molecule has 0 fully saturated rings. The highest BCUT2D eigenvalue weighted by molar-refractivity contribution is 5.94. The largest absolute Gasteiger partial charge is 0.493 e. The smallest absolute Gasteiger partial charge is 0.416 e. The number of amides is 1. The number of aryl methyl sites for hydroxylation is 1. The van der Waals surface area contributed by atoms with Crippen molar-refractivity contribution < 1.29 is 32.2 Å². The summed E-state index contributed by atoms with van der Waals surface area (Å²) in [5.74, 6) is 0.115. The number of esters is 1. The van der Waals surface area contributed by atoms with Crippen LogP contribution in [0.1, 0.15) is 54.6 Å². The molecular formula is C31H34F3NO4. The van der Waals surface area contributed by atoms with Crippen LogP contribution in [0, 0.1) is 5.41 Å². The molecule has 0 saturated carbocycles. The molecule has 0 aromatic heterocycles. The van der Waals surface area contributed by atoms with E-state index < -0.39 is 11.7 Å². The Hall–Kier alpha value is -3.81. The van der Waals surface area contributed by atoms with Gasteiger partial charge in [-0.2, -0.15) is 13.2 Å². The fourth-order valence-electron chi connectivity index (χ4n) is 4.02. The lowest BCUT2D eigenvalue weighted by molar-refractivity contribution is -0.140. The minimum atomic E-state index is -4.35. The number of rotatable bonds is 12. The van der Waals surface area contributed by atoms with Crippen molar-refractivity contribution in [3.8, 4) is 16.9 Å². The molecule has 0 heterocycles. The Morgan fingerprint density at radius 1 is 0.846 bits per heavy atom. The number of alkyl halides is 3. The van der Waals surface area contributed by atoms with Gasteiger partial charge in [0.2, 0.25) is 0 Å². The molecule has 8 heteroatoms. The standard InChI is InChI=1S/C31H34F3NO4/c1-30(2,19-4-5-22-6-8-25(9-7-22)29(37)35-20-18-28(36)38-3)21-39-27-16-12-24(13-17-27)23-10-14-26(15-11-23)31(32,33)34/h6-17H,4-5,18-21H2,1-3H3,(H,35,37). The summed E-state index contributed by atoms with van der Waals surface area (Å²) in [4.78, 5) is 23.3. The molecule has 0 atom stereocenters. The van der Waals surface area contributed by atoms with E-state index in [2.05, 4.69) is 23.9 Å². The molecule has 0 unspecified atom stereocenters. The normalized spacial score (nSPS) is 11.6. The highest BCUT2D eigenvalue weighted by atomic mass is 19.4. The maximum Gasteiger partial charge on any atom is 0.416 e. The second kappa shape index (κ2) is 13.3. The van der Waals surface area contributed by atoms with E-state index in [9.17, 15) is 22.8 Å². The quantitative estimate of drug-likeness (QED) is 0.249. The highest BCUT2D eigenvalue weighted by Gasteiger charge is 2.30. The van der Waals surface area contributed by atoms with E-state index in [1.165, 1.54) is 19.2 Å². The van der Waals surface area contributed by atoms with Gasteiger partial charge >= 0.3 is 12.1 Å². The van der Waals surface area contributed by atoms with Crippen LogP contribution in [-0.4, -0.2) is 32.1 Å². The van der Waals surface area contributed by atoms with E-state index >= 15 is 0 Å². The lowest BCUT2D eigenvalue weighted by Gasteiger charge is -2.25. The van der Waals surface area contributed by atoms with Crippen LogP contribution in [0.25, 0.3) is 11.1 Å². The predicted octanol–water partition coefficient (Wildman–Crippen LogP) is 7.09. The average molecular weight is 542 g/mol. The van der Waals surface area contributed by atoms with Crippen LogP contribution in [0.2, 0.25) is 0 Å². The maximum atomic E-state index is 12.8. The summed E-state index contributed by atoms with van der Waals surface area (Å²) < 4.78 is 48.9. The zero-order chi connectivity index (χ0) is 28.5.